The summed E-state index contributed by atoms with van der Waals surface area (Å²) < 4.78 is 2.60. The third-order valence-corrected chi connectivity index (χ3v) is 3.65. The predicted octanol–water partition coefficient (Wildman–Crippen LogP) is 3.27. The smallest absolute Gasteiger partial charge is 0.264 e. The fraction of sp³-hybridized carbons (Fsp3) is 0. The topological polar surface area (TPSA) is 33.0 Å². The minimum atomic E-state index is -0.141. The van der Waals surface area contributed by atoms with Gasteiger partial charge in [-0.25, -0.2) is 0 Å². The van der Waals surface area contributed by atoms with Crippen molar-refractivity contribution in [3.8, 4) is 0 Å². The van der Waals surface area contributed by atoms with Gasteiger partial charge in [0.05, 0.1) is 4.47 Å². The number of aromatic nitrogens is 1. The Labute approximate surface area is 125 Å². The molecular weight excluding hydrogens is 316 g/mol. The van der Waals surface area contributed by atoms with E-state index in [0.717, 1.165) is 15.2 Å². The zero-order chi connectivity index (χ0) is 13.9. The number of hydrogen-bond acceptors (Lipinski definition) is 1. The molecule has 0 fully saturated rings. The molecule has 20 heavy (non-hydrogen) atoms. The molecule has 0 aliphatic carbocycles. The number of halogens is 1. The highest BCUT2D eigenvalue weighted by Crippen LogP contribution is 2.20. The summed E-state index contributed by atoms with van der Waals surface area (Å²) in [5, 5.41) is 2.16. The fourth-order valence-electron chi connectivity index (χ4n) is 2.04. The van der Waals surface area contributed by atoms with Crippen molar-refractivity contribution in [2.24, 2.45) is 0 Å². The van der Waals surface area contributed by atoms with Crippen molar-refractivity contribution in [3.05, 3.63) is 77.0 Å². The predicted molar refractivity (Wildman–Crippen MR) is 82.0 cm³/mol. The van der Waals surface area contributed by atoms with Gasteiger partial charge in [-0.1, -0.05) is 41.1 Å². The summed E-state index contributed by atoms with van der Waals surface area (Å²) in [4.78, 5) is 12.1. The first-order valence-corrected chi connectivity index (χ1v) is 6.99. The van der Waals surface area contributed by atoms with Gasteiger partial charge in [-0.15, -0.1) is 5.43 Å². The minimum Gasteiger partial charge on any atom is -0.264 e. The Kier molecular flexibility index (Phi) is 3.48. The largest absolute Gasteiger partial charge is 0.305 e. The second kappa shape index (κ2) is 5.43. The zero-order valence-corrected chi connectivity index (χ0v) is 12.2. The highest BCUT2D eigenvalue weighted by atomic mass is 79.9. The monoisotopic (exact) mass is 327 g/mol. The Hall–Kier alpha value is -2.20. The van der Waals surface area contributed by atoms with Crippen LogP contribution in [0.4, 0.5) is 0 Å². The van der Waals surface area contributed by atoms with Crippen molar-refractivity contribution in [2.75, 3.05) is 5.43 Å². The molecule has 0 unspecified atom stereocenters. The SMILES string of the molecule is O=C(N[n+]1cc(Br)c2ccccc2c1)c1ccccc1. The second-order valence-corrected chi connectivity index (χ2v) is 5.26. The number of carbonyl (C=O) groups excluding carboxylic acids is 1. The number of nitrogens with one attached hydrogen (secondary N) is 1. The molecule has 3 nitrogen and oxygen atoms in total. The molecule has 0 radical (unpaired) electrons. The van der Waals surface area contributed by atoms with E-state index in [2.05, 4.69) is 21.4 Å². The zero-order valence-electron chi connectivity index (χ0n) is 10.6. The van der Waals surface area contributed by atoms with Crippen LogP contribution in [0.25, 0.3) is 10.8 Å². The third-order valence-electron chi connectivity index (χ3n) is 3.02. The van der Waals surface area contributed by atoms with Crippen molar-refractivity contribution in [1.82, 2.24) is 0 Å². The molecule has 0 saturated heterocycles. The van der Waals surface area contributed by atoms with E-state index in [9.17, 15) is 4.79 Å². The molecule has 2 aromatic carbocycles. The van der Waals surface area contributed by atoms with Crippen molar-refractivity contribution in [2.45, 2.75) is 0 Å². The van der Waals surface area contributed by atoms with E-state index in [1.807, 2.05) is 54.9 Å². The quantitative estimate of drug-likeness (QED) is 0.720. The Morgan fingerprint density at radius 2 is 1.65 bits per heavy atom. The number of pyridine rings is 1. The van der Waals surface area contributed by atoms with Crippen LogP contribution in [-0.2, 0) is 0 Å². The molecule has 0 spiro atoms. The van der Waals surface area contributed by atoms with Crippen LogP contribution in [0.2, 0.25) is 0 Å². The normalized spacial score (nSPS) is 10.4. The number of amides is 1. The molecule has 98 valence electrons. The maximum absolute atomic E-state index is 12.1. The maximum Gasteiger partial charge on any atom is 0.305 e. The van der Waals surface area contributed by atoms with Gasteiger partial charge in [-0.05, 0) is 34.1 Å². The summed E-state index contributed by atoms with van der Waals surface area (Å²) in [6, 6.07) is 17.1. The van der Waals surface area contributed by atoms with Gasteiger partial charge >= 0.3 is 5.91 Å². The molecule has 3 rings (SSSR count). The van der Waals surface area contributed by atoms with E-state index in [1.54, 1.807) is 16.8 Å². The van der Waals surface area contributed by atoms with Crippen LogP contribution in [0, 0.1) is 0 Å². The van der Waals surface area contributed by atoms with Crippen molar-refractivity contribution in [3.63, 3.8) is 0 Å². The lowest BCUT2D eigenvalue weighted by atomic mass is 10.2. The van der Waals surface area contributed by atoms with Crippen molar-refractivity contribution < 1.29 is 9.47 Å². The van der Waals surface area contributed by atoms with Crippen LogP contribution in [0.15, 0.2) is 71.5 Å². The number of rotatable bonds is 2. The number of nitrogens with zero attached hydrogens (tertiary/aromatic N) is 1. The van der Waals surface area contributed by atoms with Crippen LogP contribution >= 0.6 is 15.9 Å². The van der Waals surface area contributed by atoms with Crippen LogP contribution in [0.5, 0.6) is 0 Å². The Morgan fingerprint density at radius 1 is 0.950 bits per heavy atom. The Morgan fingerprint density at radius 3 is 2.45 bits per heavy atom. The van der Waals surface area contributed by atoms with Gasteiger partial charge < -0.3 is 0 Å². The molecule has 0 saturated carbocycles. The molecule has 1 heterocycles. The standard InChI is InChI=1S/C16H11BrN2O/c17-15-11-19(10-13-8-4-5-9-14(13)15)18-16(20)12-6-2-1-3-7-12/h1-11H/p+1. The highest BCUT2D eigenvalue weighted by Gasteiger charge is 2.12. The highest BCUT2D eigenvalue weighted by molar-refractivity contribution is 9.10. The van der Waals surface area contributed by atoms with Crippen LogP contribution in [-0.4, -0.2) is 5.91 Å². The molecular formula is C16H12BrN2O+. The summed E-state index contributed by atoms with van der Waals surface area (Å²) in [5.41, 5.74) is 3.47. The summed E-state index contributed by atoms with van der Waals surface area (Å²) in [7, 11) is 0. The molecule has 0 aliphatic heterocycles. The van der Waals surface area contributed by atoms with Crippen LogP contribution < -0.4 is 10.1 Å². The van der Waals surface area contributed by atoms with Crippen LogP contribution in [0.1, 0.15) is 10.4 Å². The molecule has 1 amide bonds. The first kappa shape index (κ1) is 12.8. The summed E-state index contributed by atoms with van der Waals surface area (Å²) >= 11 is 3.52. The number of hydrogen-bond donors (Lipinski definition) is 1. The van der Waals surface area contributed by atoms with Gasteiger partial charge in [-0.2, -0.15) is 0 Å². The van der Waals surface area contributed by atoms with Crippen molar-refractivity contribution >= 4 is 32.6 Å². The number of carbonyl (C=O) groups is 1. The molecule has 3 aromatic rings. The maximum atomic E-state index is 12.1. The molecule has 1 N–H and O–H groups in total. The first-order chi connectivity index (χ1) is 9.74. The summed E-state index contributed by atoms with van der Waals surface area (Å²) in [6.45, 7) is 0. The summed E-state index contributed by atoms with van der Waals surface area (Å²) in [6.07, 6.45) is 3.73. The van der Waals surface area contributed by atoms with E-state index in [4.69, 9.17) is 0 Å². The van der Waals surface area contributed by atoms with E-state index in [0.29, 0.717) is 5.56 Å². The second-order valence-electron chi connectivity index (χ2n) is 4.41. The summed E-state index contributed by atoms with van der Waals surface area (Å²) in [5.74, 6) is -0.141. The number of fused-ring (bicyclic) bond motifs is 1. The third kappa shape index (κ3) is 2.56. The van der Waals surface area contributed by atoms with Gasteiger partial charge in [0.25, 0.3) is 0 Å². The van der Waals surface area contributed by atoms with Gasteiger partial charge in [0.1, 0.15) is 0 Å². The lowest BCUT2D eigenvalue weighted by molar-refractivity contribution is -0.640. The van der Waals surface area contributed by atoms with Crippen LogP contribution in [0.3, 0.4) is 0 Å². The molecule has 0 atom stereocenters. The molecule has 1 aromatic heterocycles. The molecule has 4 heteroatoms. The van der Waals surface area contributed by atoms with Gasteiger partial charge in [-0.3, -0.25) is 4.79 Å². The van der Waals surface area contributed by atoms with Gasteiger partial charge in [0, 0.05) is 16.3 Å². The van der Waals surface area contributed by atoms with E-state index >= 15 is 0 Å². The lowest BCUT2D eigenvalue weighted by Crippen LogP contribution is -2.47. The first-order valence-electron chi connectivity index (χ1n) is 6.20. The van der Waals surface area contributed by atoms with Gasteiger partial charge in [0.15, 0.2) is 0 Å². The van der Waals surface area contributed by atoms with E-state index in [-0.39, 0.29) is 5.91 Å². The Bertz CT molecular complexity index is 772. The number of benzene rings is 2. The average Bonchev–Trinajstić information content (AvgIpc) is 2.48. The van der Waals surface area contributed by atoms with E-state index in [1.165, 1.54) is 0 Å². The molecule has 0 bridgehead atoms. The minimum absolute atomic E-state index is 0.141. The van der Waals surface area contributed by atoms with Gasteiger partial charge in [0.2, 0.25) is 12.4 Å². The molecule has 0 aliphatic rings. The average molecular weight is 328 g/mol. The lowest BCUT2D eigenvalue weighted by Gasteiger charge is -2.02. The Balaban J connectivity index is 1.94. The van der Waals surface area contributed by atoms with Crippen molar-refractivity contribution in [1.29, 1.82) is 0 Å². The fourth-order valence-corrected chi connectivity index (χ4v) is 2.62. The van der Waals surface area contributed by atoms with E-state index < -0.39 is 0 Å².